The van der Waals surface area contributed by atoms with E-state index in [0.29, 0.717) is 18.6 Å². The normalized spacial score (nSPS) is 12.3. The van der Waals surface area contributed by atoms with Gasteiger partial charge in [0.25, 0.3) is 0 Å². The molecular formula is C19H36O3S2. The molecule has 1 atom stereocenters. The van der Waals surface area contributed by atoms with Crippen molar-refractivity contribution in [3.63, 3.8) is 0 Å². The van der Waals surface area contributed by atoms with Crippen LogP contribution in [0.15, 0.2) is 0 Å². The molecule has 0 saturated carbocycles. The van der Waals surface area contributed by atoms with Crippen LogP contribution in [0.25, 0.3) is 0 Å². The van der Waals surface area contributed by atoms with Gasteiger partial charge in [0.05, 0.1) is 6.61 Å². The van der Waals surface area contributed by atoms with Crippen LogP contribution in [0.5, 0.6) is 0 Å². The average molecular weight is 377 g/mol. The Morgan fingerprint density at radius 3 is 1.79 bits per heavy atom. The Morgan fingerprint density at radius 1 is 0.792 bits per heavy atom. The van der Waals surface area contributed by atoms with Crippen LogP contribution >= 0.6 is 23.5 Å². The molecule has 5 heteroatoms. The Balaban J connectivity index is 3.73. The maximum atomic E-state index is 11.9. The van der Waals surface area contributed by atoms with Crippen LogP contribution in [-0.4, -0.2) is 32.9 Å². The van der Waals surface area contributed by atoms with Gasteiger partial charge >= 0.3 is 0 Å². The summed E-state index contributed by atoms with van der Waals surface area (Å²) in [7, 11) is 0. The Bertz CT molecular complexity index is 322. The minimum absolute atomic E-state index is 0.0387. The molecule has 0 fully saturated rings. The molecule has 0 aromatic heterocycles. The molecule has 0 saturated heterocycles. The summed E-state index contributed by atoms with van der Waals surface area (Å²) in [6, 6.07) is 0. The van der Waals surface area contributed by atoms with Crippen LogP contribution in [-0.2, 0) is 9.59 Å². The molecule has 0 bridgehead atoms. The zero-order valence-corrected chi connectivity index (χ0v) is 17.2. The zero-order chi connectivity index (χ0) is 18.0. The first kappa shape index (κ1) is 24.0. The van der Waals surface area contributed by atoms with Gasteiger partial charge in [-0.1, -0.05) is 88.7 Å². The number of unbranched alkanes of at least 4 members (excludes halogenated alkanes) is 8. The molecule has 1 N–H and O–H groups in total. The fourth-order valence-electron chi connectivity index (χ4n) is 2.37. The van der Waals surface area contributed by atoms with Crippen LogP contribution < -0.4 is 0 Å². The number of hydrogen-bond donors (Lipinski definition) is 1. The zero-order valence-electron chi connectivity index (χ0n) is 15.6. The molecule has 0 spiro atoms. The van der Waals surface area contributed by atoms with E-state index in [1.807, 2.05) is 0 Å². The molecule has 0 aromatic carbocycles. The molecule has 142 valence electrons. The number of aliphatic hydroxyl groups is 1. The van der Waals surface area contributed by atoms with E-state index >= 15 is 0 Å². The Hall–Kier alpha value is -0.0000000000000000555. The summed E-state index contributed by atoms with van der Waals surface area (Å²) in [6.07, 6.45) is 12.6. The summed E-state index contributed by atoms with van der Waals surface area (Å²) in [5, 5.41) is 9.60. The standard InChI is InChI=1S/C19H36O3S2/c1-3-5-7-9-11-13-18(21)23-16-17(15-20)24-19(22)14-12-10-8-6-4-2/h17,20H,3-16H2,1-2H3/t17-/m0/s1. The first-order valence-electron chi connectivity index (χ1n) is 9.59. The molecule has 0 radical (unpaired) electrons. The van der Waals surface area contributed by atoms with Crippen LogP contribution in [0.3, 0.4) is 0 Å². The Kier molecular flexibility index (Phi) is 17.8. The molecular weight excluding hydrogens is 340 g/mol. The van der Waals surface area contributed by atoms with Gasteiger partial charge in [0.15, 0.2) is 10.2 Å². The first-order valence-corrected chi connectivity index (χ1v) is 11.5. The van der Waals surface area contributed by atoms with Gasteiger partial charge in [0, 0.05) is 23.8 Å². The number of rotatable bonds is 16. The predicted molar refractivity (Wildman–Crippen MR) is 108 cm³/mol. The summed E-state index contributed by atoms with van der Waals surface area (Å²) in [6.45, 7) is 4.32. The number of hydrogen-bond acceptors (Lipinski definition) is 5. The highest BCUT2D eigenvalue weighted by atomic mass is 32.2. The topological polar surface area (TPSA) is 54.4 Å². The quantitative estimate of drug-likeness (QED) is 0.356. The van der Waals surface area contributed by atoms with Crippen molar-refractivity contribution < 1.29 is 14.7 Å². The van der Waals surface area contributed by atoms with Gasteiger partial charge in [-0.2, -0.15) is 0 Å². The summed E-state index contributed by atoms with van der Waals surface area (Å²) >= 11 is 2.50. The van der Waals surface area contributed by atoms with Gasteiger partial charge in [-0.25, -0.2) is 0 Å². The first-order chi connectivity index (χ1) is 11.6. The maximum Gasteiger partial charge on any atom is 0.189 e. The van der Waals surface area contributed by atoms with Crippen molar-refractivity contribution >= 4 is 33.8 Å². The minimum atomic E-state index is -0.151. The lowest BCUT2D eigenvalue weighted by molar-refractivity contribution is -0.112. The van der Waals surface area contributed by atoms with Crippen molar-refractivity contribution in [1.82, 2.24) is 0 Å². The second-order valence-electron chi connectivity index (χ2n) is 6.31. The highest BCUT2D eigenvalue weighted by Gasteiger charge is 2.15. The van der Waals surface area contributed by atoms with Gasteiger partial charge in [-0.05, 0) is 12.8 Å². The molecule has 0 amide bonds. The van der Waals surface area contributed by atoms with Gasteiger partial charge in [-0.3, -0.25) is 9.59 Å². The second kappa shape index (κ2) is 17.8. The lowest BCUT2D eigenvalue weighted by atomic mass is 10.1. The molecule has 0 aliphatic rings. The highest BCUT2D eigenvalue weighted by Crippen LogP contribution is 2.22. The number of carbonyl (C=O) groups excluding carboxylic acids is 2. The van der Waals surface area contributed by atoms with Gasteiger partial charge < -0.3 is 5.11 Å². The van der Waals surface area contributed by atoms with E-state index in [2.05, 4.69) is 13.8 Å². The molecule has 0 aromatic rings. The van der Waals surface area contributed by atoms with E-state index in [4.69, 9.17) is 0 Å². The summed E-state index contributed by atoms with van der Waals surface area (Å²) < 4.78 is 0. The van der Waals surface area contributed by atoms with Gasteiger partial charge in [0.2, 0.25) is 0 Å². The van der Waals surface area contributed by atoms with E-state index in [-0.39, 0.29) is 22.1 Å². The van der Waals surface area contributed by atoms with Crippen molar-refractivity contribution in [3.8, 4) is 0 Å². The third-order valence-corrected chi connectivity index (χ3v) is 6.32. The summed E-state index contributed by atoms with van der Waals surface area (Å²) in [5.74, 6) is 0.538. The highest BCUT2D eigenvalue weighted by molar-refractivity contribution is 8.17. The van der Waals surface area contributed by atoms with Gasteiger partial charge in [0.1, 0.15) is 0 Å². The van der Waals surface area contributed by atoms with Crippen molar-refractivity contribution in [2.75, 3.05) is 12.4 Å². The van der Waals surface area contributed by atoms with Crippen LogP contribution in [0.2, 0.25) is 0 Å². The van der Waals surface area contributed by atoms with E-state index in [1.165, 1.54) is 62.0 Å². The molecule has 0 aliphatic heterocycles. The fraction of sp³-hybridized carbons (Fsp3) is 0.895. The van der Waals surface area contributed by atoms with E-state index in [0.717, 1.165) is 25.7 Å². The van der Waals surface area contributed by atoms with Crippen LogP contribution in [0.1, 0.15) is 90.9 Å². The van der Waals surface area contributed by atoms with E-state index in [1.54, 1.807) is 0 Å². The number of aliphatic hydroxyl groups excluding tert-OH is 1. The summed E-state index contributed by atoms with van der Waals surface area (Å²) in [5.41, 5.74) is 0. The minimum Gasteiger partial charge on any atom is -0.395 e. The maximum absolute atomic E-state index is 11.9. The Labute approximate surface area is 157 Å². The molecule has 0 rings (SSSR count). The molecule has 3 nitrogen and oxygen atoms in total. The predicted octanol–water partition coefficient (Wildman–Crippen LogP) is 5.59. The van der Waals surface area contributed by atoms with Crippen molar-refractivity contribution in [3.05, 3.63) is 0 Å². The fourth-order valence-corrected chi connectivity index (χ4v) is 4.32. The molecule has 0 heterocycles. The monoisotopic (exact) mass is 376 g/mol. The average Bonchev–Trinajstić information content (AvgIpc) is 2.58. The Morgan fingerprint density at radius 2 is 1.29 bits per heavy atom. The van der Waals surface area contributed by atoms with Gasteiger partial charge in [-0.15, -0.1) is 0 Å². The smallest absolute Gasteiger partial charge is 0.189 e. The molecule has 0 unspecified atom stereocenters. The number of thioether (sulfide) groups is 2. The van der Waals surface area contributed by atoms with Crippen molar-refractivity contribution in [2.24, 2.45) is 0 Å². The molecule has 0 aliphatic carbocycles. The third kappa shape index (κ3) is 15.5. The van der Waals surface area contributed by atoms with Crippen molar-refractivity contribution in [1.29, 1.82) is 0 Å². The van der Waals surface area contributed by atoms with Crippen molar-refractivity contribution in [2.45, 2.75) is 96.1 Å². The third-order valence-electron chi connectivity index (χ3n) is 3.90. The molecule has 24 heavy (non-hydrogen) atoms. The lowest BCUT2D eigenvalue weighted by Gasteiger charge is -2.12. The van der Waals surface area contributed by atoms with E-state index in [9.17, 15) is 14.7 Å². The number of carbonyl (C=O) groups is 2. The second-order valence-corrected chi connectivity index (χ2v) is 8.74. The lowest BCUT2D eigenvalue weighted by Crippen LogP contribution is -2.16. The largest absolute Gasteiger partial charge is 0.395 e. The van der Waals surface area contributed by atoms with Crippen LogP contribution in [0, 0.1) is 0 Å². The van der Waals surface area contributed by atoms with Crippen LogP contribution in [0.4, 0.5) is 0 Å². The van der Waals surface area contributed by atoms with E-state index < -0.39 is 0 Å². The summed E-state index contributed by atoms with van der Waals surface area (Å²) in [4.78, 5) is 23.8. The SMILES string of the molecule is CCCCCCCC(=O)SC[C@H](CO)SC(=O)CCCCCCC.